The Balaban J connectivity index is 1.60. The van der Waals surface area contributed by atoms with Crippen LogP contribution in [0, 0.1) is 34.7 Å². The molecule has 2 aromatic carbocycles. The molecule has 0 aliphatic carbocycles. The zero-order valence-electron chi connectivity index (χ0n) is 15.4. The van der Waals surface area contributed by atoms with Gasteiger partial charge in [0, 0.05) is 30.6 Å². The summed E-state index contributed by atoms with van der Waals surface area (Å²) in [5.74, 6) is -3.71. The van der Waals surface area contributed by atoms with Gasteiger partial charge in [-0.2, -0.15) is 5.26 Å². The third-order valence-corrected chi connectivity index (χ3v) is 4.95. The minimum absolute atomic E-state index is 0.0859. The second-order valence-corrected chi connectivity index (χ2v) is 6.78. The summed E-state index contributed by atoms with van der Waals surface area (Å²) >= 11 is 0. The number of rotatable bonds is 4. The van der Waals surface area contributed by atoms with E-state index in [2.05, 4.69) is 5.32 Å². The molecule has 150 valence electrons. The molecule has 1 heterocycles. The first kappa shape index (κ1) is 20.4. The van der Waals surface area contributed by atoms with Gasteiger partial charge in [-0.15, -0.1) is 0 Å². The Hall–Kier alpha value is -3.34. The summed E-state index contributed by atoms with van der Waals surface area (Å²) in [6.45, 7) is 0.426. The van der Waals surface area contributed by atoms with Gasteiger partial charge in [-0.05, 0) is 31.0 Å². The lowest BCUT2D eigenvalue weighted by molar-refractivity contribution is -0.126. The SMILES string of the molecule is N#CC(NC(=O)C1CCN(C(=O)c2ccc(F)cc2F)CC1)c1ccccc1F. The van der Waals surface area contributed by atoms with Crippen molar-refractivity contribution >= 4 is 11.8 Å². The van der Waals surface area contributed by atoms with E-state index in [1.807, 2.05) is 6.07 Å². The summed E-state index contributed by atoms with van der Waals surface area (Å²) in [5.41, 5.74) is -0.138. The van der Waals surface area contributed by atoms with E-state index < -0.39 is 41.2 Å². The van der Waals surface area contributed by atoms with E-state index in [0.29, 0.717) is 18.9 Å². The second-order valence-electron chi connectivity index (χ2n) is 6.78. The molecule has 0 radical (unpaired) electrons. The number of nitrogens with one attached hydrogen (secondary N) is 1. The number of piperidine rings is 1. The van der Waals surface area contributed by atoms with E-state index in [0.717, 1.165) is 12.1 Å². The number of likely N-dealkylation sites (tertiary alicyclic amines) is 1. The third-order valence-electron chi connectivity index (χ3n) is 4.95. The van der Waals surface area contributed by atoms with Gasteiger partial charge in [0.15, 0.2) is 0 Å². The number of halogens is 3. The molecule has 1 unspecified atom stereocenters. The zero-order chi connectivity index (χ0) is 21.0. The average molecular weight is 401 g/mol. The maximum atomic E-state index is 13.9. The molecule has 3 rings (SSSR count). The summed E-state index contributed by atoms with van der Waals surface area (Å²) in [6.07, 6.45) is 0.631. The summed E-state index contributed by atoms with van der Waals surface area (Å²) < 4.78 is 40.7. The van der Waals surface area contributed by atoms with Crippen LogP contribution in [-0.4, -0.2) is 29.8 Å². The molecule has 0 spiro atoms. The predicted molar refractivity (Wildman–Crippen MR) is 97.9 cm³/mol. The number of amides is 2. The summed E-state index contributed by atoms with van der Waals surface area (Å²) in [6, 6.07) is 9.24. The lowest BCUT2D eigenvalue weighted by Crippen LogP contribution is -2.43. The van der Waals surface area contributed by atoms with Gasteiger partial charge in [-0.3, -0.25) is 9.59 Å². The molecular weight excluding hydrogens is 383 g/mol. The van der Waals surface area contributed by atoms with Gasteiger partial charge in [-0.25, -0.2) is 13.2 Å². The molecule has 1 fully saturated rings. The van der Waals surface area contributed by atoms with Crippen LogP contribution in [-0.2, 0) is 4.79 Å². The molecule has 2 aromatic rings. The van der Waals surface area contributed by atoms with E-state index in [4.69, 9.17) is 0 Å². The van der Waals surface area contributed by atoms with E-state index >= 15 is 0 Å². The Morgan fingerprint density at radius 1 is 1.07 bits per heavy atom. The summed E-state index contributed by atoms with van der Waals surface area (Å²) in [4.78, 5) is 26.3. The van der Waals surface area contributed by atoms with Gasteiger partial charge in [-0.1, -0.05) is 18.2 Å². The van der Waals surface area contributed by atoms with Gasteiger partial charge in [0.05, 0.1) is 11.6 Å². The molecule has 1 atom stereocenters. The quantitative estimate of drug-likeness (QED) is 0.854. The van der Waals surface area contributed by atoms with Crippen LogP contribution in [0.4, 0.5) is 13.2 Å². The van der Waals surface area contributed by atoms with Gasteiger partial charge in [0.2, 0.25) is 5.91 Å². The Morgan fingerprint density at radius 3 is 2.38 bits per heavy atom. The van der Waals surface area contributed by atoms with Gasteiger partial charge in [0.25, 0.3) is 5.91 Å². The van der Waals surface area contributed by atoms with Gasteiger partial charge in [0.1, 0.15) is 23.5 Å². The minimum atomic E-state index is -1.11. The van der Waals surface area contributed by atoms with Crippen molar-refractivity contribution in [2.75, 3.05) is 13.1 Å². The highest BCUT2D eigenvalue weighted by Crippen LogP contribution is 2.23. The molecular formula is C21H18F3N3O2. The Morgan fingerprint density at radius 2 is 1.76 bits per heavy atom. The van der Waals surface area contributed by atoms with Crippen LogP contribution < -0.4 is 5.32 Å². The number of benzene rings is 2. The van der Waals surface area contributed by atoms with Crippen LogP contribution in [0.2, 0.25) is 0 Å². The van der Waals surface area contributed by atoms with Crippen LogP contribution in [0.25, 0.3) is 0 Å². The number of hydrogen-bond donors (Lipinski definition) is 1. The minimum Gasteiger partial charge on any atom is -0.339 e. The van der Waals surface area contributed by atoms with Crippen molar-refractivity contribution < 1.29 is 22.8 Å². The Labute approximate surface area is 165 Å². The lowest BCUT2D eigenvalue weighted by Gasteiger charge is -2.32. The van der Waals surface area contributed by atoms with Crippen molar-refractivity contribution in [3.8, 4) is 6.07 Å². The first-order valence-corrected chi connectivity index (χ1v) is 9.09. The molecule has 5 nitrogen and oxygen atoms in total. The number of nitriles is 1. The summed E-state index contributed by atoms with van der Waals surface area (Å²) in [7, 11) is 0. The fourth-order valence-corrected chi connectivity index (χ4v) is 3.33. The zero-order valence-corrected chi connectivity index (χ0v) is 15.4. The van der Waals surface area contributed by atoms with Crippen molar-refractivity contribution in [2.24, 2.45) is 5.92 Å². The Kier molecular flexibility index (Phi) is 6.17. The first-order chi connectivity index (χ1) is 13.9. The average Bonchev–Trinajstić information content (AvgIpc) is 2.72. The van der Waals surface area contributed by atoms with Crippen LogP contribution in [0.15, 0.2) is 42.5 Å². The normalized spacial score (nSPS) is 15.4. The molecule has 1 saturated heterocycles. The van der Waals surface area contributed by atoms with E-state index in [1.54, 1.807) is 6.07 Å². The molecule has 1 aliphatic rings. The van der Waals surface area contributed by atoms with Gasteiger partial charge < -0.3 is 10.2 Å². The number of hydrogen-bond acceptors (Lipinski definition) is 3. The smallest absolute Gasteiger partial charge is 0.256 e. The van der Waals surface area contributed by atoms with Crippen LogP contribution in [0.5, 0.6) is 0 Å². The molecule has 8 heteroatoms. The van der Waals surface area contributed by atoms with E-state index in [-0.39, 0.29) is 24.2 Å². The topological polar surface area (TPSA) is 73.2 Å². The van der Waals surface area contributed by atoms with Crippen molar-refractivity contribution in [3.05, 3.63) is 71.0 Å². The third kappa shape index (κ3) is 4.57. The van der Waals surface area contributed by atoms with Gasteiger partial charge >= 0.3 is 0 Å². The van der Waals surface area contributed by atoms with Crippen molar-refractivity contribution in [1.29, 1.82) is 5.26 Å². The maximum Gasteiger partial charge on any atom is 0.256 e. The summed E-state index contributed by atoms with van der Waals surface area (Å²) in [5, 5.41) is 11.8. The largest absolute Gasteiger partial charge is 0.339 e. The fraction of sp³-hybridized carbons (Fsp3) is 0.286. The highest BCUT2D eigenvalue weighted by atomic mass is 19.1. The fourth-order valence-electron chi connectivity index (χ4n) is 3.33. The molecule has 2 amide bonds. The Bertz CT molecular complexity index is 966. The van der Waals surface area contributed by atoms with E-state index in [1.165, 1.54) is 23.1 Å². The highest BCUT2D eigenvalue weighted by Gasteiger charge is 2.30. The maximum absolute atomic E-state index is 13.9. The molecule has 0 aromatic heterocycles. The predicted octanol–water partition coefficient (Wildman–Crippen LogP) is 3.34. The van der Waals surface area contributed by atoms with Crippen molar-refractivity contribution in [1.82, 2.24) is 10.2 Å². The van der Waals surface area contributed by atoms with Crippen LogP contribution in [0.3, 0.4) is 0 Å². The molecule has 0 bridgehead atoms. The second kappa shape index (κ2) is 8.78. The molecule has 0 saturated carbocycles. The number of nitrogens with zero attached hydrogens (tertiary/aromatic N) is 2. The molecule has 29 heavy (non-hydrogen) atoms. The standard InChI is InChI=1S/C21H18F3N3O2/c22-14-5-6-16(18(24)11-14)21(29)27-9-7-13(8-10-27)20(28)26-19(12-25)15-3-1-2-4-17(15)23/h1-6,11,13,19H,7-10H2,(H,26,28). The van der Waals surface area contributed by atoms with Crippen LogP contribution in [0.1, 0.15) is 34.8 Å². The number of carbonyl (C=O) groups excluding carboxylic acids is 2. The van der Waals surface area contributed by atoms with Crippen molar-refractivity contribution in [3.63, 3.8) is 0 Å². The first-order valence-electron chi connectivity index (χ1n) is 9.09. The highest BCUT2D eigenvalue weighted by molar-refractivity contribution is 5.94. The number of carbonyl (C=O) groups is 2. The van der Waals surface area contributed by atoms with Crippen LogP contribution >= 0.6 is 0 Å². The van der Waals surface area contributed by atoms with E-state index in [9.17, 15) is 28.0 Å². The lowest BCUT2D eigenvalue weighted by atomic mass is 9.94. The molecule has 1 aliphatic heterocycles. The molecule has 1 N–H and O–H groups in total. The van der Waals surface area contributed by atoms with Crippen molar-refractivity contribution in [2.45, 2.75) is 18.9 Å². The monoisotopic (exact) mass is 401 g/mol.